The molecule has 2 rings (SSSR count). The van der Waals surface area contributed by atoms with Gasteiger partial charge in [-0.2, -0.15) is 0 Å². The number of hydrogen-bond acceptors (Lipinski definition) is 1. The lowest BCUT2D eigenvalue weighted by molar-refractivity contribution is 0.123. The van der Waals surface area contributed by atoms with Crippen molar-refractivity contribution in [2.45, 2.75) is 51.2 Å². The van der Waals surface area contributed by atoms with Gasteiger partial charge in [-0.15, -0.1) is 0 Å². The maximum absolute atomic E-state index is 13.3. The molecular formula is C11H20FN. The maximum atomic E-state index is 13.3. The molecule has 1 nitrogen and oxygen atoms in total. The highest BCUT2D eigenvalue weighted by Crippen LogP contribution is 2.45. The van der Waals surface area contributed by atoms with E-state index in [9.17, 15) is 4.39 Å². The van der Waals surface area contributed by atoms with E-state index in [4.69, 9.17) is 0 Å². The van der Waals surface area contributed by atoms with Gasteiger partial charge in [0.1, 0.15) is 6.17 Å². The minimum absolute atomic E-state index is 0.244. The van der Waals surface area contributed by atoms with Crippen molar-refractivity contribution < 1.29 is 4.39 Å². The Morgan fingerprint density at radius 2 is 2.38 bits per heavy atom. The molecule has 3 atom stereocenters. The molecule has 0 radical (unpaired) electrons. The van der Waals surface area contributed by atoms with E-state index in [0.29, 0.717) is 12.5 Å². The van der Waals surface area contributed by atoms with Crippen LogP contribution in [0.15, 0.2) is 0 Å². The van der Waals surface area contributed by atoms with E-state index in [-0.39, 0.29) is 5.54 Å². The summed E-state index contributed by atoms with van der Waals surface area (Å²) in [5.41, 5.74) is 0.244. The standard InChI is InChI=1S/C11H20FN/c1-3-9(2)11-5-4-6-13(11)8-10(12)7-11/h9-10H,3-8H2,1-2H3. The summed E-state index contributed by atoms with van der Waals surface area (Å²) in [4.78, 5) is 2.41. The summed E-state index contributed by atoms with van der Waals surface area (Å²) in [6.07, 6.45) is 3.92. The smallest absolute Gasteiger partial charge is 0.115 e. The monoisotopic (exact) mass is 185 g/mol. The molecule has 2 saturated heterocycles. The largest absolute Gasteiger partial charge is 0.294 e. The van der Waals surface area contributed by atoms with Crippen LogP contribution in [-0.2, 0) is 0 Å². The Kier molecular flexibility index (Phi) is 2.35. The zero-order valence-electron chi connectivity index (χ0n) is 8.72. The van der Waals surface area contributed by atoms with E-state index in [1.807, 2.05) is 0 Å². The molecule has 0 amide bonds. The van der Waals surface area contributed by atoms with Gasteiger partial charge in [0, 0.05) is 12.1 Å². The van der Waals surface area contributed by atoms with Gasteiger partial charge in [0.15, 0.2) is 0 Å². The van der Waals surface area contributed by atoms with Gasteiger partial charge >= 0.3 is 0 Å². The normalized spacial score (nSPS) is 42.2. The molecule has 0 aromatic rings. The average molecular weight is 185 g/mol. The molecule has 0 saturated carbocycles. The fourth-order valence-electron chi connectivity index (χ4n) is 3.29. The van der Waals surface area contributed by atoms with E-state index in [1.54, 1.807) is 0 Å². The average Bonchev–Trinajstić information content (AvgIpc) is 2.59. The Balaban J connectivity index is 2.18. The van der Waals surface area contributed by atoms with Crippen molar-refractivity contribution in [1.29, 1.82) is 0 Å². The molecule has 0 aliphatic carbocycles. The molecule has 2 fully saturated rings. The third-order valence-electron chi connectivity index (χ3n) is 4.19. The summed E-state index contributed by atoms with van der Waals surface area (Å²) in [5, 5.41) is 0. The summed E-state index contributed by atoms with van der Waals surface area (Å²) in [5.74, 6) is 0.663. The zero-order valence-corrected chi connectivity index (χ0v) is 8.72. The van der Waals surface area contributed by atoms with Crippen LogP contribution in [0, 0.1) is 5.92 Å². The topological polar surface area (TPSA) is 3.24 Å². The Hall–Kier alpha value is -0.110. The summed E-state index contributed by atoms with van der Waals surface area (Å²) in [6.45, 7) is 6.34. The van der Waals surface area contributed by atoms with Gasteiger partial charge in [0.25, 0.3) is 0 Å². The molecule has 0 aromatic heterocycles. The molecule has 0 aromatic carbocycles. The molecule has 13 heavy (non-hydrogen) atoms. The quantitative estimate of drug-likeness (QED) is 0.639. The molecule has 2 heteroatoms. The molecular weight excluding hydrogens is 165 g/mol. The fraction of sp³-hybridized carbons (Fsp3) is 1.00. The second-order valence-corrected chi connectivity index (χ2v) is 4.76. The van der Waals surface area contributed by atoms with Crippen molar-refractivity contribution in [3.63, 3.8) is 0 Å². The summed E-state index contributed by atoms with van der Waals surface area (Å²) < 4.78 is 13.3. The van der Waals surface area contributed by atoms with Gasteiger partial charge in [-0.25, -0.2) is 4.39 Å². The second kappa shape index (κ2) is 3.23. The third kappa shape index (κ3) is 1.30. The van der Waals surface area contributed by atoms with E-state index in [1.165, 1.54) is 19.3 Å². The van der Waals surface area contributed by atoms with Crippen LogP contribution >= 0.6 is 0 Å². The van der Waals surface area contributed by atoms with Gasteiger partial charge in [-0.1, -0.05) is 20.3 Å². The highest BCUT2D eigenvalue weighted by atomic mass is 19.1. The number of halogens is 1. The summed E-state index contributed by atoms with van der Waals surface area (Å²) in [7, 11) is 0. The van der Waals surface area contributed by atoms with Crippen LogP contribution in [0.25, 0.3) is 0 Å². The Bertz CT molecular complexity index is 195. The van der Waals surface area contributed by atoms with Crippen LogP contribution in [-0.4, -0.2) is 29.7 Å². The summed E-state index contributed by atoms with van der Waals surface area (Å²) in [6, 6.07) is 0. The lowest BCUT2D eigenvalue weighted by Gasteiger charge is -2.37. The minimum Gasteiger partial charge on any atom is -0.294 e. The van der Waals surface area contributed by atoms with Crippen LogP contribution in [0.4, 0.5) is 4.39 Å². The molecule has 0 N–H and O–H groups in total. The highest BCUT2D eigenvalue weighted by molar-refractivity contribution is 5.05. The van der Waals surface area contributed by atoms with Gasteiger partial charge in [-0.3, -0.25) is 4.90 Å². The molecule has 76 valence electrons. The predicted molar refractivity (Wildman–Crippen MR) is 52.5 cm³/mol. The lowest BCUT2D eigenvalue weighted by atomic mass is 9.80. The van der Waals surface area contributed by atoms with Crippen molar-refractivity contribution in [1.82, 2.24) is 4.90 Å². The fourth-order valence-corrected chi connectivity index (χ4v) is 3.29. The number of nitrogens with zero attached hydrogens (tertiary/aromatic N) is 1. The Labute approximate surface area is 80.3 Å². The number of rotatable bonds is 2. The first-order valence-electron chi connectivity index (χ1n) is 5.58. The van der Waals surface area contributed by atoms with E-state index < -0.39 is 6.17 Å². The van der Waals surface area contributed by atoms with Crippen molar-refractivity contribution in [2.75, 3.05) is 13.1 Å². The van der Waals surface area contributed by atoms with Crippen molar-refractivity contribution in [2.24, 2.45) is 5.92 Å². The van der Waals surface area contributed by atoms with Crippen LogP contribution in [0.5, 0.6) is 0 Å². The molecule has 0 spiro atoms. The van der Waals surface area contributed by atoms with E-state index in [0.717, 1.165) is 13.0 Å². The molecule has 2 aliphatic rings. The maximum Gasteiger partial charge on any atom is 0.115 e. The number of fused-ring (bicyclic) bond motifs is 1. The second-order valence-electron chi connectivity index (χ2n) is 4.76. The first-order valence-corrected chi connectivity index (χ1v) is 5.58. The van der Waals surface area contributed by atoms with E-state index >= 15 is 0 Å². The van der Waals surface area contributed by atoms with Crippen LogP contribution in [0.2, 0.25) is 0 Å². The zero-order chi connectivity index (χ0) is 9.47. The lowest BCUT2D eigenvalue weighted by Crippen LogP contribution is -2.43. The first kappa shape index (κ1) is 9.45. The molecule has 2 heterocycles. The molecule has 3 unspecified atom stereocenters. The first-order chi connectivity index (χ1) is 6.19. The third-order valence-corrected chi connectivity index (χ3v) is 4.19. The van der Waals surface area contributed by atoms with Crippen molar-refractivity contribution in [3.05, 3.63) is 0 Å². The SMILES string of the molecule is CCC(C)C12CCCN1CC(F)C2. The van der Waals surface area contributed by atoms with Gasteiger partial charge in [0.2, 0.25) is 0 Å². The number of hydrogen-bond donors (Lipinski definition) is 0. The number of alkyl halides is 1. The minimum atomic E-state index is -0.561. The molecule has 0 bridgehead atoms. The van der Waals surface area contributed by atoms with Gasteiger partial charge < -0.3 is 0 Å². The van der Waals surface area contributed by atoms with Gasteiger partial charge in [0.05, 0.1) is 0 Å². The van der Waals surface area contributed by atoms with Crippen molar-refractivity contribution in [3.8, 4) is 0 Å². The Morgan fingerprint density at radius 1 is 1.62 bits per heavy atom. The van der Waals surface area contributed by atoms with E-state index in [2.05, 4.69) is 18.7 Å². The molecule has 2 aliphatic heterocycles. The van der Waals surface area contributed by atoms with Crippen molar-refractivity contribution >= 4 is 0 Å². The summed E-state index contributed by atoms with van der Waals surface area (Å²) >= 11 is 0. The predicted octanol–water partition coefficient (Wildman–Crippen LogP) is 2.61. The Morgan fingerprint density at radius 3 is 3.08 bits per heavy atom. The van der Waals surface area contributed by atoms with Crippen LogP contribution in [0.3, 0.4) is 0 Å². The van der Waals surface area contributed by atoms with Crippen LogP contribution < -0.4 is 0 Å². The van der Waals surface area contributed by atoms with Gasteiger partial charge in [-0.05, 0) is 31.7 Å². The highest BCUT2D eigenvalue weighted by Gasteiger charge is 2.50. The van der Waals surface area contributed by atoms with Crippen LogP contribution in [0.1, 0.15) is 39.5 Å².